The molecule has 2 nitrogen and oxygen atoms in total. The van der Waals surface area contributed by atoms with E-state index >= 15 is 0 Å². The molecule has 72 valence electrons. The van der Waals surface area contributed by atoms with Crippen molar-refractivity contribution in [2.45, 2.75) is 31.9 Å². The highest BCUT2D eigenvalue weighted by Crippen LogP contribution is 2.05. The Morgan fingerprint density at radius 1 is 1.31 bits per heavy atom. The summed E-state index contributed by atoms with van der Waals surface area (Å²) < 4.78 is 0. The number of hydrogen-bond donors (Lipinski definition) is 2. The van der Waals surface area contributed by atoms with Gasteiger partial charge in [-0.15, -0.1) is 0 Å². The topological polar surface area (TPSA) is 46.2 Å². The minimum atomic E-state index is -0.389. The number of rotatable bonds is 4. The standard InChI is InChI=1S/C11H17NO/c1-2-11(13)10(12)8-9-6-4-3-5-7-9/h3-7,10-11,13H,2,8,12H2,1H3/t10-,11+/m0/s1. The van der Waals surface area contributed by atoms with Crippen LogP contribution in [0.3, 0.4) is 0 Å². The van der Waals surface area contributed by atoms with Crippen LogP contribution in [0.25, 0.3) is 0 Å². The molecule has 0 saturated carbocycles. The van der Waals surface area contributed by atoms with Crippen LogP contribution in [0.15, 0.2) is 30.3 Å². The second-order valence-electron chi connectivity index (χ2n) is 3.33. The van der Waals surface area contributed by atoms with Crippen molar-refractivity contribution in [2.24, 2.45) is 5.73 Å². The van der Waals surface area contributed by atoms with Gasteiger partial charge in [-0.25, -0.2) is 0 Å². The van der Waals surface area contributed by atoms with Crippen LogP contribution in [0.5, 0.6) is 0 Å². The van der Waals surface area contributed by atoms with E-state index in [0.717, 1.165) is 6.42 Å². The second kappa shape index (κ2) is 5.00. The zero-order valence-electron chi connectivity index (χ0n) is 7.98. The first-order valence-electron chi connectivity index (χ1n) is 4.71. The Morgan fingerprint density at radius 3 is 2.46 bits per heavy atom. The summed E-state index contributed by atoms with van der Waals surface area (Å²) in [5.74, 6) is 0. The van der Waals surface area contributed by atoms with Crippen LogP contribution >= 0.6 is 0 Å². The first-order valence-corrected chi connectivity index (χ1v) is 4.71. The number of aliphatic hydroxyl groups is 1. The molecule has 0 aliphatic rings. The maximum atomic E-state index is 9.46. The Bertz CT molecular complexity index is 235. The molecule has 1 aromatic rings. The minimum Gasteiger partial charge on any atom is -0.392 e. The van der Waals surface area contributed by atoms with Gasteiger partial charge in [0.1, 0.15) is 0 Å². The van der Waals surface area contributed by atoms with Gasteiger partial charge in [0.2, 0.25) is 0 Å². The van der Waals surface area contributed by atoms with Crippen molar-refractivity contribution in [2.75, 3.05) is 0 Å². The molecule has 1 rings (SSSR count). The maximum absolute atomic E-state index is 9.46. The van der Waals surface area contributed by atoms with Crippen LogP contribution in [0.4, 0.5) is 0 Å². The molecule has 0 heterocycles. The zero-order chi connectivity index (χ0) is 9.68. The Hall–Kier alpha value is -0.860. The number of benzene rings is 1. The molecular formula is C11H17NO. The van der Waals surface area contributed by atoms with E-state index in [-0.39, 0.29) is 12.1 Å². The van der Waals surface area contributed by atoms with Gasteiger partial charge in [-0.05, 0) is 18.4 Å². The Kier molecular flexibility index (Phi) is 3.93. The molecular weight excluding hydrogens is 162 g/mol. The molecule has 3 N–H and O–H groups in total. The van der Waals surface area contributed by atoms with Gasteiger partial charge >= 0.3 is 0 Å². The normalized spacial score (nSPS) is 15.3. The lowest BCUT2D eigenvalue weighted by atomic mass is 10.0. The SMILES string of the molecule is CC[C@@H](O)[C@@H](N)Cc1ccccc1. The first kappa shape index (κ1) is 10.2. The molecule has 0 fully saturated rings. The smallest absolute Gasteiger partial charge is 0.0691 e. The third-order valence-corrected chi connectivity index (χ3v) is 2.23. The monoisotopic (exact) mass is 179 g/mol. The predicted molar refractivity (Wildman–Crippen MR) is 54.4 cm³/mol. The van der Waals surface area contributed by atoms with E-state index in [1.165, 1.54) is 5.56 Å². The zero-order valence-corrected chi connectivity index (χ0v) is 7.98. The van der Waals surface area contributed by atoms with Crippen LogP contribution in [0, 0.1) is 0 Å². The lowest BCUT2D eigenvalue weighted by Crippen LogP contribution is -2.36. The summed E-state index contributed by atoms with van der Waals surface area (Å²) in [6, 6.07) is 9.86. The summed E-state index contributed by atoms with van der Waals surface area (Å²) in [7, 11) is 0. The van der Waals surface area contributed by atoms with E-state index in [1.807, 2.05) is 37.3 Å². The molecule has 13 heavy (non-hydrogen) atoms. The number of nitrogens with two attached hydrogens (primary N) is 1. The molecule has 0 saturated heterocycles. The van der Waals surface area contributed by atoms with E-state index in [2.05, 4.69) is 0 Å². The third-order valence-electron chi connectivity index (χ3n) is 2.23. The summed E-state index contributed by atoms with van der Waals surface area (Å²) in [4.78, 5) is 0. The van der Waals surface area contributed by atoms with Gasteiger partial charge in [0, 0.05) is 6.04 Å². The Balaban J connectivity index is 2.50. The van der Waals surface area contributed by atoms with Gasteiger partial charge in [-0.3, -0.25) is 0 Å². The van der Waals surface area contributed by atoms with Crippen molar-refractivity contribution in [3.05, 3.63) is 35.9 Å². The summed E-state index contributed by atoms with van der Waals surface area (Å²) in [5.41, 5.74) is 6.99. The molecule has 0 amide bonds. The highest BCUT2D eigenvalue weighted by Gasteiger charge is 2.12. The summed E-state index contributed by atoms with van der Waals surface area (Å²) in [5, 5.41) is 9.46. The van der Waals surface area contributed by atoms with E-state index in [9.17, 15) is 5.11 Å². The molecule has 0 radical (unpaired) electrons. The fourth-order valence-electron chi connectivity index (χ4n) is 1.33. The van der Waals surface area contributed by atoms with E-state index in [1.54, 1.807) is 0 Å². The van der Waals surface area contributed by atoms with Crippen molar-refractivity contribution in [3.63, 3.8) is 0 Å². The molecule has 0 aliphatic carbocycles. The van der Waals surface area contributed by atoms with E-state index < -0.39 is 0 Å². The van der Waals surface area contributed by atoms with Crippen LogP contribution in [0.2, 0.25) is 0 Å². The second-order valence-corrected chi connectivity index (χ2v) is 3.33. The van der Waals surface area contributed by atoms with Gasteiger partial charge in [0.25, 0.3) is 0 Å². The third kappa shape index (κ3) is 3.17. The molecule has 0 unspecified atom stereocenters. The van der Waals surface area contributed by atoms with E-state index in [4.69, 9.17) is 5.73 Å². The average Bonchev–Trinajstić information content (AvgIpc) is 2.18. The average molecular weight is 179 g/mol. The van der Waals surface area contributed by atoms with Crippen molar-refractivity contribution in [1.82, 2.24) is 0 Å². The fourth-order valence-corrected chi connectivity index (χ4v) is 1.33. The molecule has 0 aromatic heterocycles. The Labute approximate surface area is 79.4 Å². The summed E-state index contributed by atoms with van der Waals surface area (Å²) in [6.45, 7) is 1.94. The molecule has 0 bridgehead atoms. The van der Waals surface area contributed by atoms with Gasteiger partial charge in [0.15, 0.2) is 0 Å². The summed E-state index contributed by atoms with van der Waals surface area (Å²) >= 11 is 0. The molecule has 0 aliphatic heterocycles. The van der Waals surface area contributed by atoms with Crippen molar-refractivity contribution < 1.29 is 5.11 Å². The number of aliphatic hydroxyl groups excluding tert-OH is 1. The minimum absolute atomic E-state index is 0.146. The lowest BCUT2D eigenvalue weighted by molar-refractivity contribution is 0.140. The molecule has 1 aromatic carbocycles. The van der Waals surface area contributed by atoms with E-state index in [0.29, 0.717) is 6.42 Å². The fraction of sp³-hybridized carbons (Fsp3) is 0.455. The summed E-state index contributed by atoms with van der Waals surface area (Å²) in [6.07, 6.45) is 1.07. The first-order chi connectivity index (χ1) is 6.24. The molecule has 0 spiro atoms. The van der Waals surface area contributed by atoms with Crippen LogP contribution in [0.1, 0.15) is 18.9 Å². The van der Waals surface area contributed by atoms with Crippen LogP contribution in [-0.4, -0.2) is 17.3 Å². The Morgan fingerprint density at radius 2 is 1.92 bits per heavy atom. The highest BCUT2D eigenvalue weighted by atomic mass is 16.3. The maximum Gasteiger partial charge on any atom is 0.0691 e. The lowest BCUT2D eigenvalue weighted by Gasteiger charge is -2.16. The van der Waals surface area contributed by atoms with Crippen LogP contribution in [-0.2, 0) is 6.42 Å². The van der Waals surface area contributed by atoms with Crippen molar-refractivity contribution in [3.8, 4) is 0 Å². The van der Waals surface area contributed by atoms with Gasteiger partial charge in [-0.1, -0.05) is 37.3 Å². The van der Waals surface area contributed by atoms with Crippen molar-refractivity contribution >= 4 is 0 Å². The quantitative estimate of drug-likeness (QED) is 0.732. The highest BCUT2D eigenvalue weighted by molar-refractivity contribution is 5.16. The number of hydrogen-bond acceptors (Lipinski definition) is 2. The molecule has 2 atom stereocenters. The van der Waals surface area contributed by atoms with Crippen molar-refractivity contribution in [1.29, 1.82) is 0 Å². The molecule has 2 heteroatoms. The van der Waals surface area contributed by atoms with Gasteiger partial charge in [0.05, 0.1) is 6.10 Å². The predicted octanol–water partition coefficient (Wildman–Crippen LogP) is 1.33. The van der Waals surface area contributed by atoms with Crippen LogP contribution < -0.4 is 5.73 Å². The van der Waals surface area contributed by atoms with Gasteiger partial charge in [-0.2, -0.15) is 0 Å². The largest absolute Gasteiger partial charge is 0.392 e. The van der Waals surface area contributed by atoms with Gasteiger partial charge < -0.3 is 10.8 Å².